The van der Waals surface area contributed by atoms with Crippen LogP contribution in [0, 0.1) is 0 Å². The van der Waals surface area contributed by atoms with Gasteiger partial charge in [-0.1, -0.05) is 48.5 Å². The molecule has 188 valence electrons. The van der Waals surface area contributed by atoms with Crippen molar-refractivity contribution in [1.29, 1.82) is 0 Å². The van der Waals surface area contributed by atoms with Crippen molar-refractivity contribution in [2.75, 3.05) is 26.2 Å². The summed E-state index contributed by atoms with van der Waals surface area (Å²) in [4.78, 5) is 41.5. The highest BCUT2D eigenvalue weighted by Crippen LogP contribution is 2.11. The minimum atomic E-state index is -0.822. The minimum Gasteiger partial charge on any atom is -0.343 e. The molecule has 0 radical (unpaired) electrons. The lowest BCUT2D eigenvalue weighted by Crippen LogP contribution is -2.58. The second-order valence-electron chi connectivity index (χ2n) is 9.07. The van der Waals surface area contributed by atoms with Crippen LogP contribution >= 0.6 is 0 Å². The Balaban J connectivity index is 1.76. The number of benzene rings is 2. The maximum absolute atomic E-state index is 13.5. The molecule has 0 aliphatic carbocycles. The van der Waals surface area contributed by atoms with Gasteiger partial charge in [0.05, 0.1) is 0 Å². The van der Waals surface area contributed by atoms with Crippen molar-refractivity contribution < 1.29 is 14.4 Å². The van der Waals surface area contributed by atoms with Crippen molar-refractivity contribution in [3.63, 3.8) is 0 Å². The SMILES string of the molecule is CC1CN(C(=O)C(CCCCN)NC(=O)C(Cc2ccccc2)NC(=O)c2ccccc2)CCN1. The Kier molecular flexibility index (Phi) is 10.3. The third-order valence-corrected chi connectivity index (χ3v) is 6.18. The third-order valence-electron chi connectivity index (χ3n) is 6.18. The summed E-state index contributed by atoms with van der Waals surface area (Å²) < 4.78 is 0. The molecule has 1 heterocycles. The van der Waals surface area contributed by atoms with E-state index in [2.05, 4.69) is 16.0 Å². The van der Waals surface area contributed by atoms with Gasteiger partial charge in [0.15, 0.2) is 0 Å². The lowest BCUT2D eigenvalue weighted by atomic mass is 10.0. The summed E-state index contributed by atoms with van der Waals surface area (Å²) in [6.45, 7) is 4.49. The molecule has 1 aliphatic heterocycles. The summed E-state index contributed by atoms with van der Waals surface area (Å²) in [7, 11) is 0. The fourth-order valence-corrected chi connectivity index (χ4v) is 4.27. The third kappa shape index (κ3) is 8.19. The first-order valence-corrected chi connectivity index (χ1v) is 12.4. The molecule has 5 N–H and O–H groups in total. The Morgan fingerprint density at radius 3 is 2.34 bits per heavy atom. The number of hydrogen-bond acceptors (Lipinski definition) is 5. The van der Waals surface area contributed by atoms with Crippen LogP contribution in [0.2, 0.25) is 0 Å². The van der Waals surface area contributed by atoms with E-state index in [1.807, 2.05) is 48.2 Å². The maximum Gasteiger partial charge on any atom is 0.251 e. The number of hydrogen-bond donors (Lipinski definition) is 4. The molecule has 1 aliphatic rings. The van der Waals surface area contributed by atoms with Crippen molar-refractivity contribution in [2.24, 2.45) is 5.73 Å². The number of nitrogens with two attached hydrogens (primary N) is 1. The normalized spacial score (nSPS) is 17.3. The van der Waals surface area contributed by atoms with Gasteiger partial charge in [0, 0.05) is 37.7 Å². The highest BCUT2D eigenvalue weighted by Gasteiger charge is 2.31. The van der Waals surface area contributed by atoms with Gasteiger partial charge in [0.2, 0.25) is 11.8 Å². The Hall–Kier alpha value is -3.23. The van der Waals surface area contributed by atoms with Gasteiger partial charge in [0.1, 0.15) is 12.1 Å². The molecule has 0 saturated carbocycles. The first kappa shape index (κ1) is 26.4. The Morgan fingerprint density at radius 1 is 1.00 bits per heavy atom. The van der Waals surface area contributed by atoms with Gasteiger partial charge >= 0.3 is 0 Å². The summed E-state index contributed by atoms with van der Waals surface area (Å²) in [5, 5.41) is 9.17. The predicted octanol–water partition coefficient (Wildman–Crippen LogP) is 1.46. The molecule has 1 saturated heterocycles. The van der Waals surface area contributed by atoms with Gasteiger partial charge in [-0.05, 0) is 50.4 Å². The zero-order valence-electron chi connectivity index (χ0n) is 20.4. The maximum atomic E-state index is 13.5. The van der Waals surface area contributed by atoms with Gasteiger partial charge < -0.3 is 26.6 Å². The second-order valence-corrected chi connectivity index (χ2v) is 9.07. The number of amides is 3. The summed E-state index contributed by atoms with van der Waals surface area (Å²) >= 11 is 0. The smallest absolute Gasteiger partial charge is 0.251 e. The molecular formula is C27H37N5O3. The van der Waals surface area contributed by atoms with Crippen LogP contribution in [0.25, 0.3) is 0 Å². The molecule has 3 amide bonds. The first-order chi connectivity index (χ1) is 17.0. The molecule has 8 nitrogen and oxygen atoms in total. The van der Waals surface area contributed by atoms with Crippen molar-refractivity contribution in [2.45, 2.75) is 50.7 Å². The molecule has 0 spiro atoms. The highest BCUT2D eigenvalue weighted by atomic mass is 16.2. The van der Waals surface area contributed by atoms with Crippen LogP contribution in [-0.2, 0) is 16.0 Å². The fourth-order valence-electron chi connectivity index (χ4n) is 4.27. The molecule has 3 rings (SSSR count). The summed E-state index contributed by atoms with van der Waals surface area (Å²) in [6, 6.07) is 17.1. The lowest BCUT2D eigenvalue weighted by Gasteiger charge is -2.35. The zero-order chi connectivity index (χ0) is 25.0. The predicted molar refractivity (Wildman–Crippen MR) is 137 cm³/mol. The van der Waals surface area contributed by atoms with Crippen molar-refractivity contribution in [3.8, 4) is 0 Å². The molecule has 3 atom stereocenters. The van der Waals surface area contributed by atoms with Crippen LogP contribution in [0.3, 0.4) is 0 Å². The van der Waals surface area contributed by atoms with E-state index < -0.39 is 12.1 Å². The number of carbonyl (C=O) groups excluding carboxylic acids is 3. The van der Waals surface area contributed by atoms with E-state index in [0.717, 1.165) is 24.9 Å². The Bertz CT molecular complexity index is 954. The molecule has 2 aromatic carbocycles. The number of unbranched alkanes of at least 4 members (excludes halogenated alkanes) is 1. The van der Waals surface area contributed by atoms with Crippen LogP contribution in [0.4, 0.5) is 0 Å². The number of nitrogens with zero attached hydrogens (tertiary/aromatic N) is 1. The van der Waals surface area contributed by atoms with Crippen molar-refractivity contribution in [1.82, 2.24) is 20.9 Å². The van der Waals surface area contributed by atoms with Gasteiger partial charge in [-0.2, -0.15) is 0 Å². The molecule has 0 aromatic heterocycles. The van der Waals surface area contributed by atoms with E-state index in [1.54, 1.807) is 24.3 Å². The van der Waals surface area contributed by atoms with Gasteiger partial charge in [-0.15, -0.1) is 0 Å². The molecule has 1 fully saturated rings. The largest absolute Gasteiger partial charge is 0.343 e. The minimum absolute atomic E-state index is 0.0865. The number of carbonyl (C=O) groups is 3. The summed E-state index contributed by atoms with van der Waals surface area (Å²) in [5.41, 5.74) is 7.05. The van der Waals surface area contributed by atoms with Gasteiger partial charge in [-0.25, -0.2) is 0 Å². The molecule has 3 unspecified atom stereocenters. The van der Waals surface area contributed by atoms with Crippen molar-refractivity contribution >= 4 is 17.7 Å². The average molecular weight is 480 g/mol. The monoisotopic (exact) mass is 479 g/mol. The molecule has 35 heavy (non-hydrogen) atoms. The van der Waals surface area contributed by atoms with Crippen LogP contribution < -0.4 is 21.7 Å². The van der Waals surface area contributed by atoms with E-state index in [9.17, 15) is 14.4 Å². The summed E-state index contributed by atoms with van der Waals surface area (Å²) in [5.74, 6) is -0.785. The molecular weight excluding hydrogens is 442 g/mol. The lowest BCUT2D eigenvalue weighted by molar-refractivity contribution is -0.138. The van der Waals surface area contributed by atoms with E-state index in [1.165, 1.54) is 0 Å². The first-order valence-electron chi connectivity index (χ1n) is 12.4. The topological polar surface area (TPSA) is 117 Å². The average Bonchev–Trinajstić information content (AvgIpc) is 2.88. The fraction of sp³-hybridized carbons (Fsp3) is 0.444. The second kappa shape index (κ2) is 13.6. The number of rotatable bonds is 11. The number of nitrogens with one attached hydrogen (secondary N) is 3. The Labute approximate surface area is 207 Å². The van der Waals surface area contributed by atoms with E-state index in [4.69, 9.17) is 5.73 Å². The van der Waals surface area contributed by atoms with Crippen molar-refractivity contribution in [3.05, 3.63) is 71.8 Å². The van der Waals surface area contributed by atoms with Crippen LogP contribution in [0.15, 0.2) is 60.7 Å². The standard InChI is InChI=1S/C27H37N5O3/c1-20-19-32(17-16-29-20)27(35)23(14-8-9-15-28)30-26(34)24(18-21-10-4-2-5-11-21)31-25(33)22-12-6-3-7-13-22/h2-7,10-13,20,23-24,29H,8-9,14-19,28H2,1H3,(H,30,34)(H,31,33). The summed E-state index contributed by atoms with van der Waals surface area (Å²) in [6.07, 6.45) is 2.33. The van der Waals surface area contributed by atoms with E-state index in [0.29, 0.717) is 38.0 Å². The number of piperazine rings is 1. The Morgan fingerprint density at radius 2 is 1.69 bits per heavy atom. The van der Waals surface area contributed by atoms with Crippen LogP contribution in [0.1, 0.15) is 42.1 Å². The quantitative estimate of drug-likeness (QED) is 0.364. The molecule has 8 heteroatoms. The zero-order valence-corrected chi connectivity index (χ0v) is 20.4. The highest BCUT2D eigenvalue weighted by molar-refractivity contribution is 5.98. The van der Waals surface area contributed by atoms with Gasteiger partial charge in [-0.3, -0.25) is 14.4 Å². The van der Waals surface area contributed by atoms with Crippen LogP contribution in [0.5, 0.6) is 0 Å². The van der Waals surface area contributed by atoms with Gasteiger partial charge in [0.25, 0.3) is 5.91 Å². The molecule has 0 bridgehead atoms. The van der Waals surface area contributed by atoms with E-state index in [-0.39, 0.29) is 23.8 Å². The van der Waals surface area contributed by atoms with Crippen LogP contribution in [-0.4, -0.2) is 66.9 Å². The van der Waals surface area contributed by atoms with E-state index >= 15 is 0 Å². The molecule has 2 aromatic rings.